The third kappa shape index (κ3) is 9.42. The van der Waals surface area contributed by atoms with E-state index >= 15 is 0 Å². The molecule has 0 bridgehead atoms. The van der Waals surface area contributed by atoms with Gasteiger partial charge in [0.1, 0.15) is 7.05 Å². The molecule has 1 N–H and O–H groups in total. The maximum Gasteiger partial charge on any atom is 0.169 e. The first-order chi connectivity index (χ1) is 14.2. The van der Waals surface area contributed by atoms with Gasteiger partial charge in [0.05, 0.1) is 61.5 Å². The number of hydrogen-bond donors (Lipinski definition) is 1. The first-order valence-corrected chi connectivity index (χ1v) is 10.9. The molecule has 1 heterocycles. The normalized spacial score (nSPS) is 12.0. The Balaban J connectivity index is 2.05. The number of aryl methyl sites for hydroxylation is 1. The lowest BCUT2D eigenvalue weighted by Crippen LogP contribution is -3.05. The summed E-state index contributed by atoms with van der Waals surface area (Å²) in [6.45, 7) is 3.56. The molecular formula is C25H40N3O2+3. The quantitative estimate of drug-likeness (QED) is 0.327. The number of aromatic nitrogens is 1. The van der Waals surface area contributed by atoms with Gasteiger partial charge in [-0.1, -0.05) is 18.2 Å². The molecule has 0 aliphatic rings. The van der Waals surface area contributed by atoms with E-state index in [0.717, 1.165) is 47.5 Å². The van der Waals surface area contributed by atoms with Gasteiger partial charge in [0.25, 0.3) is 0 Å². The number of pyridine rings is 1. The second-order valence-corrected chi connectivity index (χ2v) is 9.21. The van der Waals surface area contributed by atoms with E-state index in [0.29, 0.717) is 13.2 Å². The standard InChI is InChI=1S/C25H39N3O2/c1-26(2)15-7-19-30-25-21-23(10-9-22-13-16-27(3)17-14-22)11-12-24(25)29-20-8-18-28(4,5)6/h9-14,16-17,21H,7-8,15,18-20H2,1-6H3/q+2/p+1/b10-9+. The van der Waals surface area contributed by atoms with E-state index in [9.17, 15) is 0 Å². The van der Waals surface area contributed by atoms with Crippen LogP contribution in [-0.2, 0) is 7.05 Å². The Bertz CT molecular complexity index is 793. The molecule has 1 aromatic carbocycles. The lowest BCUT2D eigenvalue weighted by atomic mass is 10.1. The molecule has 0 fully saturated rings. The number of benzene rings is 1. The van der Waals surface area contributed by atoms with Gasteiger partial charge < -0.3 is 18.9 Å². The minimum Gasteiger partial charge on any atom is -0.489 e. The van der Waals surface area contributed by atoms with Crippen molar-refractivity contribution < 1.29 is 23.4 Å². The Morgan fingerprint density at radius 3 is 2.17 bits per heavy atom. The SMILES string of the molecule is C[n+]1ccc(/C=C/c2ccc(OCCC[N+](C)(C)C)c(OCCC[NH+](C)C)c2)cc1. The van der Waals surface area contributed by atoms with Gasteiger partial charge in [0.2, 0.25) is 0 Å². The topological polar surface area (TPSA) is 26.8 Å². The van der Waals surface area contributed by atoms with Crippen molar-refractivity contribution in [2.24, 2.45) is 7.05 Å². The van der Waals surface area contributed by atoms with Crippen LogP contribution in [0, 0.1) is 0 Å². The fourth-order valence-electron chi connectivity index (χ4n) is 3.01. The van der Waals surface area contributed by atoms with Crippen LogP contribution < -0.4 is 18.9 Å². The van der Waals surface area contributed by atoms with Crippen LogP contribution in [0.15, 0.2) is 42.7 Å². The van der Waals surface area contributed by atoms with Crippen molar-refractivity contribution in [3.05, 3.63) is 53.9 Å². The second kappa shape index (κ2) is 11.7. The maximum absolute atomic E-state index is 6.11. The summed E-state index contributed by atoms with van der Waals surface area (Å²) >= 11 is 0. The van der Waals surface area contributed by atoms with Crippen molar-refractivity contribution >= 4 is 12.2 Å². The molecule has 2 aromatic rings. The van der Waals surface area contributed by atoms with Crippen molar-refractivity contribution in [3.8, 4) is 11.5 Å². The summed E-state index contributed by atoms with van der Waals surface area (Å²) in [6, 6.07) is 10.4. The highest BCUT2D eigenvalue weighted by Gasteiger charge is 2.10. The third-order valence-electron chi connectivity index (χ3n) is 4.75. The van der Waals surface area contributed by atoms with Crippen molar-refractivity contribution in [1.82, 2.24) is 0 Å². The van der Waals surface area contributed by atoms with Gasteiger partial charge in [-0.2, -0.15) is 0 Å². The fourth-order valence-corrected chi connectivity index (χ4v) is 3.01. The van der Waals surface area contributed by atoms with E-state index in [-0.39, 0.29) is 0 Å². The molecule has 0 saturated heterocycles. The third-order valence-corrected chi connectivity index (χ3v) is 4.75. The number of rotatable bonds is 12. The largest absolute Gasteiger partial charge is 0.489 e. The fraction of sp³-hybridized carbons (Fsp3) is 0.480. The zero-order valence-electron chi connectivity index (χ0n) is 19.6. The summed E-state index contributed by atoms with van der Waals surface area (Å²) in [5.74, 6) is 1.66. The molecule has 5 heteroatoms. The smallest absolute Gasteiger partial charge is 0.169 e. The van der Waals surface area contributed by atoms with E-state index in [1.807, 2.05) is 30.1 Å². The predicted octanol–water partition coefficient (Wildman–Crippen LogP) is 2.07. The monoisotopic (exact) mass is 414 g/mol. The molecule has 1 aromatic heterocycles. The zero-order valence-corrected chi connectivity index (χ0v) is 19.6. The van der Waals surface area contributed by atoms with Crippen molar-refractivity contribution in [2.75, 3.05) is 61.5 Å². The van der Waals surface area contributed by atoms with Crippen LogP contribution in [0.25, 0.3) is 12.2 Å². The van der Waals surface area contributed by atoms with Crippen molar-refractivity contribution in [3.63, 3.8) is 0 Å². The summed E-state index contributed by atoms with van der Waals surface area (Å²) in [6.07, 6.45) is 10.4. The molecule has 0 aliphatic heterocycles. The highest BCUT2D eigenvalue weighted by atomic mass is 16.5. The van der Waals surface area contributed by atoms with Gasteiger partial charge in [-0.15, -0.1) is 0 Å². The van der Waals surface area contributed by atoms with Crippen LogP contribution >= 0.6 is 0 Å². The minimum absolute atomic E-state index is 0.697. The van der Waals surface area contributed by atoms with Crippen LogP contribution in [-0.4, -0.2) is 66.0 Å². The van der Waals surface area contributed by atoms with Crippen LogP contribution in [0.3, 0.4) is 0 Å². The number of quaternary nitrogens is 2. The van der Waals surface area contributed by atoms with E-state index in [4.69, 9.17) is 9.47 Å². The van der Waals surface area contributed by atoms with Crippen molar-refractivity contribution in [2.45, 2.75) is 12.8 Å². The van der Waals surface area contributed by atoms with Crippen LogP contribution in [0.5, 0.6) is 11.5 Å². The Kier molecular flexibility index (Phi) is 9.34. The van der Waals surface area contributed by atoms with E-state index in [2.05, 4.69) is 71.7 Å². The number of ether oxygens (including phenoxy) is 2. The molecule has 30 heavy (non-hydrogen) atoms. The first-order valence-electron chi connectivity index (χ1n) is 10.9. The molecule has 0 spiro atoms. The summed E-state index contributed by atoms with van der Waals surface area (Å²) in [7, 11) is 13.0. The molecule has 2 rings (SSSR count). The number of hydrogen-bond acceptors (Lipinski definition) is 2. The minimum atomic E-state index is 0.697. The van der Waals surface area contributed by atoms with Crippen LogP contribution in [0.2, 0.25) is 0 Å². The summed E-state index contributed by atoms with van der Waals surface area (Å²) in [5, 5.41) is 0. The van der Waals surface area contributed by atoms with Gasteiger partial charge in [0, 0.05) is 25.0 Å². The molecule has 0 unspecified atom stereocenters. The van der Waals surface area contributed by atoms with E-state index in [1.165, 1.54) is 10.5 Å². The lowest BCUT2D eigenvalue weighted by Gasteiger charge is -2.23. The van der Waals surface area contributed by atoms with Gasteiger partial charge in [-0.3, -0.25) is 0 Å². The average molecular weight is 415 g/mol. The van der Waals surface area contributed by atoms with E-state index in [1.54, 1.807) is 0 Å². The molecule has 0 amide bonds. The molecule has 0 atom stereocenters. The van der Waals surface area contributed by atoms with Crippen molar-refractivity contribution in [1.29, 1.82) is 0 Å². The number of nitrogens with one attached hydrogen (secondary N) is 1. The van der Waals surface area contributed by atoms with Crippen LogP contribution in [0.1, 0.15) is 24.0 Å². The number of nitrogens with zero attached hydrogens (tertiary/aromatic N) is 2. The van der Waals surface area contributed by atoms with Gasteiger partial charge >= 0.3 is 0 Å². The summed E-state index contributed by atoms with van der Waals surface area (Å²) < 4.78 is 15.2. The van der Waals surface area contributed by atoms with Gasteiger partial charge in [0.15, 0.2) is 23.9 Å². The summed E-state index contributed by atoms with van der Waals surface area (Å²) in [4.78, 5) is 1.43. The molecule has 0 aliphatic carbocycles. The molecule has 5 nitrogen and oxygen atoms in total. The Hall–Kier alpha value is -2.37. The zero-order chi connectivity index (χ0) is 22.0. The second-order valence-electron chi connectivity index (χ2n) is 9.21. The summed E-state index contributed by atoms with van der Waals surface area (Å²) in [5.41, 5.74) is 2.28. The van der Waals surface area contributed by atoms with Gasteiger partial charge in [-0.25, -0.2) is 4.57 Å². The Morgan fingerprint density at radius 2 is 1.50 bits per heavy atom. The maximum atomic E-state index is 6.11. The first kappa shape index (κ1) is 23.9. The predicted molar refractivity (Wildman–Crippen MR) is 124 cm³/mol. The van der Waals surface area contributed by atoms with E-state index < -0.39 is 0 Å². The Morgan fingerprint density at radius 1 is 0.867 bits per heavy atom. The molecule has 0 radical (unpaired) electrons. The Labute approximate surface area is 182 Å². The highest BCUT2D eigenvalue weighted by Crippen LogP contribution is 2.29. The van der Waals surface area contributed by atoms with Gasteiger partial charge in [-0.05, 0) is 23.3 Å². The lowest BCUT2D eigenvalue weighted by molar-refractivity contribution is -0.870. The average Bonchev–Trinajstić information content (AvgIpc) is 2.68. The molecule has 0 saturated carbocycles. The highest BCUT2D eigenvalue weighted by molar-refractivity contribution is 5.70. The molecule has 164 valence electrons. The van der Waals surface area contributed by atoms with Crippen LogP contribution in [0.4, 0.5) is 0 Å². The molecular weight excluding hydrogens is 374 g/mol.